The Morgan fingerprint density at radius 3 is 2.71 bits per heavy atom. The Morgan fingerprint density at radius 2 is 2.12 bits per heavy atom. The molecule has 0 aliphatic heterocycles. The van der Waals surface area contributed by atoms with Gasteiger partial charge in [-0.25, -0.2) is 0 Å². The largest absolute Gasteiger partial charge is 0.464 e. The maximum Gasteiger partial charge on any atom is 0.325 e. The Bertz CT molecular complexity index is 267. The van der Waals surface area contributed by atoms with E-state index in [-0.39, 0.29) is 25.0 Å². The average Bonchev–Trinajstić information content (AvgIpc) is 2.70. The van der Waals surface area contributed by atoms with Crippen LogP contribution < -0.4 is 5.32 Å². The summed E-state index contributed by atoms with van der Waals surface area (Å²) in [5.41, 5.74) is 0. The van der Waals surface area contributed by atoms with Crippen LogP contribution in [0.1, 0.15) is 26.2 Å². The highest BCUT2D eigenvalue weighted by Crippen LogP contribution is 2.30. The minimum atomic E-state index is -0.381. The molecular formula is C12H21NO4. The highest BCUT2D eigenvalue weighted by atomic mass is 16.5. The Kier molecular flexibility index (Phi) is 5.97. The first-order chi connectivity index (χ1) is 8.11. The summed E-state index contributed by atoms with van der Waals surface area (Å²) in [5, 5.41) is 2.43. The van der Waals surface area contributed by atoms with Gasteiger partial charge in [-0.2, -0.15) is 0 Å². The Morgan fingerprint density at radius 1 is 1.35 bits per heavy atom. The van der Waals surface area contributed by atoms with Gasteiger partial charge < -0.3 is 14.8 Å². The van der Waals surface area contributed by atoms with Crippen molar-refractivity contribution in [2.45, 2.75) is 26.2 Å². The molecule has 0 bridgehead atoms. The number of rotatable bonds is 6. The Hall–Kier alpha value is -1.10. The lowest BCUT2D eigenvalue weighted by Gasteiger charge is -2.10. The number of hydrogen-bond donors (Lipinski definition) is 1. The van der Waals surface area contributed by atoms with Crippen LogP contribution in [0, 0.1) is 11.8 Å². The van der Waals surface area contributed by atoms with Crippen LogP contribution >= 0.6 is 0 Å². The molecule has 1 aliphatic rings. The lowest BCUT2D eigenvalue weighted by Crippen LogP contribution is -2.33. The number of amides is 1. The van der Waals surface area contributed by atoms with E-state index in [9.17, 15) is 9.59 Å². The zero-order valence-corrected chi connectivity index (χ0v) is 10.5. The van der Waals surface area contributed by atoms with Crippen molar-refractivity contribution in [3.8, 4) is 0 Å². The molecule has 1 fully saturated rings. The van der Waals surface area contributed by atoms with Gasteiger partial charge in [0.15, 0.2) is 0 Å². The van der Waals surface area contributed by atoms with Gasteiger partial charge in [-0.1, -0.05) is 13.3 Å². The van der Waals surface area contributed by atoms with Gasteiger partial charge in [-0.15, -0.1) is 0 Å². The minimum Gasteiger partial charge on any atom is -0.464 e. The molecule has 5 nitrogen and oxygen atoms in total. The maximum atomic E-state index is 11.3. The fourth-order valence-corrected chi connectivity index (χ4v) is 2.09. The van der Waals surface area contributed by atoms with E-state index in [0.717, 1.165) is 18.8 Å². The van der Waals surface area contributed by atoms with Crippen molar-refractivity contribution < 1.29 is 19.1 Å². The normalized spacial score (nSPS) is 23.4. The lowest BCUT2D eigenvalue weighted by atomic mass is 10.1. The molecule has 1 saturated carbocycles. The molecule has 0 aromatic carbocycles. The van der Waals surface area contributed by atoms with Gasteiger partial charge in [0.25, 0.3) is 0 Å². The molecule has 0 radical (unpaired) electrons. The van der Waals surface area contributed by atoms with Gasteiger partial charge >= 0.3 is 5.97 Å². The highest BCUT2D eigenvalue weighted by molar-refractivity contribution is 5.82. The third kappa shape index (κ3) is 5.68. The van der Waals surface area contributed by atoms with Crippen LogP contribution in [-0.4, -0.2) is 38.7 Å². The third-order valence-corrected chi connectivity index (χ3v) is 2.99. The smallest absolute Gasteiger partial charge is 0.325 e. The van der Waals surface area contributed by atoms with E-state index in [1.807, 2.05) is 0 Å². The van der Waals surface area contributed by atoms with Crippen LogP contribution in [0.15, 0.2) is 0 Å². The maximum absolute atomic E-state index is 11.3. The molecule has 1 rings (SSSR count). The molecule has 1 aliphatic carbocycles. The van der Waals surface area contributed by atoms with Gasteiger partial charge in [0.2, 0.25) is 5.91 Å². The first-order valence-electron chi connectivity index (χ1n) is 6.03. The summed E-state index contributed by atoms with van der Waals surface area (Å²) in [6.45, 7) is 2.58. The standard InChI is InChI=1S/C12H21NO4/c1-9-3-4-10(5-9)7-17-12(15)6-13-11(14)8-16-2/h9-10H,3-8H2,1-2H3,(H,13,14). The molecule has 17 heavy (non-hydrogen) atoms. The number of esters is 1. The summed E-state index contributed by atoms with van der Waals surface area (Å²) < 4.78 is 9.73. The first kappa shape index (κ1) is 14.0. The fourth-order valence-electron chi connectivity index (χ4n) is 2.09. The summed E-state index contributed by atoms with van der Waals surface area (Å²) in [4.78, 5) is 22.3. The van der Waals surface area contributed by atoms with Crippen LogP contribution in [0.4, 0.5) is 0 Å². The van der Waals surface area contributed by atoms with Crippen molar-refractivity contribution in [1.29, 1.82) is 0 Å². The van der Waals surface area contributed by atoms with Crippen LogP contribution in [0.25, 0.3) is 0 Å². The second-order valence-corrected chi connectivity index (χ2v) is 4.68. The molecule has 0 spiro atoms. The predicted octanol–water partition coefficient (Wildman–Crippen LogP) is 0.728. The van der Waals surface area contributed by atoms with E-state index < -0.39 is 0 Å². The number of methoxy groups -OCH3 is 1. The zero-order chi connectivity index (χ0) is 12.7. The molecular weight excluding hydrogens is 222 g/mol. The van der Waals surface area contributed by atoms with Crippen molar-refractivity contribution in [2.75, 3.05) is 26.9 Å². The molecule has 5 heteroatoms. The Labute approximate surface area is 102 Å². The SMILES string of the molecule is COCC(=O)NCC(=O)OCC1CCC(C)C1. The monoisotopic (exact) mass is 243 g/mol. The third-order valence-electron chi connectivity index (χ3n) is 2.99. The van der Waals surface area contributed by atoms with Crippen molar-refractivity contribution in [3.05, 3.63) is 0 Å². The van der Waals surface area contributed by atoms with E-state index >= 15 is 0 Å². The molecule has 1 N–H and O–H groups in total. The van der Waals surface area contributed by atoms with Crippen molar-refractivity contribution in [1.82, 2.24) is 5.32 Å². The summed E-state index contributed by atoms with van der Waals surface area (Å²) >= 11 is 0. The first-order valence-corrected chi connectivity index (χ1v) is 6.03. The van der Waals surface area contributed by atoms with E-state index in [2.05, 4.69) is 17.0 Å². The van der Waals surface area contributed by atoms with Gasteiger partial charge in [0.1, 0.15) is 13.2 Å². The van der Waals surface area contributed by atoms with Gasteiger partial charge in [0.05, 0.1) is 6.61 Å². The van der Waals surface area contributed by atoms with E-state index in [1.54, 1.807) is 0 Å². The summed E-state index contributed by atoms with van der Waals surface area (Å²) in [7, 11) is 1.43. The molecule has 0 aromatic rings. The Balaban J connectivity index is 2.07. The molecule has 0 aromatic heterocycles. The number of nitrogens with one attached hydrogen (secondary N) is 1. The quantitative estimate of drug-likeness (QED) is 0.698. The van der Waals surface area contributed by atoms with Gasteiger partial charge in [-0.3, -0.25) is 9.59 Å². The average molecular weight is 243 g/mol. The van der Waals surface area contributed by atoms with Crippen LogP contribution in [0.5, 0.6) is 0 Å². The number of ether oxygens (including phenoxy) is 2. The van der Waals surface area contributed by atoms with E-state index in [4.69, 9.17) is 4.74 Å². The molecule has 2 atom stereocenters. The topological polar surface area (TPSA) is 64.6 Å². The summed E-state index contributed by atoms with van der Waals surface area (Å²) in [5.74, 6) is 0.539. The number of carbonyl (C=O) groups is 2. The van der Waals surface area contributed by atoms with Gasteiger partial charge in [-0.05, 0) is 24.7 Å². The van der Waals surface area contributed by atoms with Gasteiger partial charge in [0, 0.05) is 7.11 Å². The molecule has 1 amide bonds. The zero-order valence-electron chi connectivity index (χ0n) is 10.5. The van der Waals surface area contributed by atoms with Crippen molar-refractivity contribution in [2.24, 2.45) is 11.8 Å². The van der Waals surface area contributed by atoms with E-state index in [0.29, 0.717) is 12.5 Å². The van der Waals surface area contributed by atoms with Crippen LogP contribution in [0.2, 0.25) is 0 Å². The second-order valence-electron chi connectivity index (χ2n) is 4.68. The number of carbonyl (C=O) groups excluding carboxylic acids is 2. The molecule has 98 valence electrons. The van der Waals surface area contributed by atoms with Crippen LogP contribution in [0.3, 0.4) is 0 Å². The molecule has 2 unspecified atom stereocenters. The lowest BCUT2D eigenvalue weighted by molar-refractivity contribution is -0.145. The van der Waals surface area contributed by atoms with E-state index in [1.165, 1.54) is 13.5 Å². The van der Waals surface area contributed by atoms with Crippen molar-refractivity contribution in [3.63, 3.8) is 0 Å². The molecule has 0 saturated heterocycles. The second kappa shape index (κ2) is 7.27. The van der Waals surface area contributed by atoms with Crippen LogP contribution in [-0.2, 0) is 19.1 Å². The fraction of sp³-hybridized carbons (Fsp3) is 0.833. The minimum absolute atomic E-state index is 0.0343. The molecule has 0 heterocycles. The van der Waals surface area contributed by atoms with Crippen molar-refractivity contribution >= 4 is 11.9 Å². The number of hydrogen-bond acceptors (Lipinski definition) is 4. The predicted molar refractivity (Wildman–Crippen MR) is 62.3 cm³/mol. The summed E-state index contributed by atoms with van der Waals surface area (Å²) in [6, 6.07) is 0. The summed E-state index contributed by atoms with van der Waals surface area (Å²) in [6.07, 6.45) is 3.47. The highest BCUT2D eigenvalue weighted by Gasteiger charge is 2.22.